The molecule has 1 unspecified atom stereocenters. The first-order valence-electron chi connectivity index (χ1n) is 12.4. The Morgan fingerprint density at radius 1 is 0.679 bits per heavy atom. The summed E-state index contributed by atoms with van der Waals surface area (Å²) in [5.74, 6) is 0.169. The summed E-state index contributed by atoms with van der Waals surface area (Å²) in [6.07, 6.45) is 22.9. The van der Waals surface area contributed by atoms with Gasteiger partial charge in [-0.05, 0) is 25.7 Å². The molecule has 0 heterocycles. The van der Waals surface area contributed by atoms with E-state index in [4.69, 9.17) is 4.74 Å². The summed E-state index contributed by atoms with van der Waals surface area (Å²) >= 11 is 0. The number of aldehydes is 1. The van der Waals surface area contributed by atoms with Crippen molar-refractivity contribution in [3.63, 3.8) is 0 Å². The Morgan fingerprint density at radius 3 is 1.71 bits per heavy atom. The normalized spacial score (nSPS) is 12.1. The molecule has 0 aromatic heterocycles. The monoisotopic (exact) mass is 396 g/mol. The number of ether oxygens (including phenoxy) is 1. The lowest BCUT2D eigenvalue weighted by Crippen LogP contribution is -2.18. The molecule has 0 spiro atoms. The van der Waals surface area contributed by atoms with Crippen LogP contribution in [0.1, 0.15) is 136 Å². The molecule has 0 amide bonds. The van der Waals surface area contributed by atoms with Crippen molar-refractivity contribution in [2.75, 3.05) is 6.61 Å². The summed E-state index contributed by atoms with van der Waals surface area (Å²) in [6, 6.07) is 0. The molecule has 0 saturated carbocycles. The Morgan fingerprint density at radius 2 is 1.14 bits per heavy atom. The molecule has 0 bridgehead atoms. The van der Waals surface area contributed by atoms with Crippen molar-refractivity contribution in [2.24, 2.45) is 5.92 Å². The number of unbranched alkanes of at least 4 members (excludes halogenated alkanes) is 14. The largest absolute Gasteiger partial charge is 0.465 e. The van der Waals surface area contributed by atoms with E-state index in [0.29, 0.717) is 13.0 Å². The predicted octanol–water partition coefficient (Wildman–Crippen LogP) is 7.80. The van der Waals surface area contributed by atoms with Crippen molar-refractivity contribution in [3.8, 4) is 0 Å². The van der Waals surface area contributed by atoms with Crippen molar-refractivity contribution in [2.45, 2.75) is 136 Å². The van der Waals surface area contributed by atoms with Crippen LogP contribution in [0.3, 0.4) is 0 Å². The van der Waals surface area contributed by atoms with Gasteiger partial charge in [-0.2, -0.15) is 0 Å². The van der Waals surface area contributed by atoms with E-state index in [0.717, 1.165) is 57.7 Å². The molecule has 0 N–H and O–H groups in total. The standard InChI is InChI=1S/C25H48O3/c1-3-5-7-9-13-17-21-24(20-16-8-6-4-2)25(27)28-23-19-15-12-10-11-14-18-22-26/h22,24H,3-21,23H2,1-2H3. The second-order valence-corrected chi connectivity index (χ2v) is 8.35. The van der Waals surface area contributed by atoms with Gasteiger partial charge in [0.1, 0.15) is 6.29 Å². The zero-order chi connectivity index (χ0) is 20.7. The Hall–Kier alpha value is -0.860. The van der Waals surface area contributed by atoms with Gasteiger partial charge in [-0.15, -0.1) is 0 Å². The van der Waals surface area contributed by atoms with Crippen molar-refractivity contribution in [1.29, 1.82) is 0 Å². The third-order valence-corrected chi connectivity index (χ3v) is 5.61. The molecule has 0 aliphatic rings. The third kappa shape index (κ3) is 18.5. The molecule has 28 heavy (non-hydrogen) atoms. The second-order valence-electron chi connectivity index (χ2n) is 8.35. The van der Waals surface area contributed by atoms with Gasteiger partial charge in [0.05, 0.1) is 12.5 Å². The first-order valence-corrected chi connectivity index (χ1v) is 12.4. The maximum atomic E-state index is 12.5. The van der Waals surface area contributed by atoms with E-state index in [9.17, 15) is 9.59 Å². The van der Waals surface area contributed by atoms with E-state index < -0.39 is 0 Å². The summed E-state index contributed by atoms with van der Waals surface area (Å²) < 4.78 is 5.62. The van der Waals surface area contributed by atoms with Gasteiger partial charge < -0.3 is 9.53 Å². The first-order chi connectivity index (χ1) is 13.8. The van der Waals surface area contributed by atoms with Crippen LogP contribution in [0.25, 0.3) is 0 Å². The van der Waals surface area contributed by atoms with E-state index in [1.165, 1.54) is 64.2 Å². The average molecular weight is 397 g/mol. The minimum Gasteiger partial charge on any atom is -0.465 e. The van der Waals surface area contributed by atoms with Crippen LogP contribution in [-0.2, 0) is 14.3 Å². The molecule has 1 atom stereocenters. The fourth-order valence-electron chi connectivity index (χ4n) is 3.70. The summed E-state index contributed by atoms with van der Waals surface area (Å²) in [5.41, 5.74) is 0. The maximum Gasteiger partial charge on any atom is 0.308 e. The molecule has 0 aromatic rings. The molecule has 166 valence electrons. The fourth-order valence-corrected chi connectivity index (χ4v) is 3.70. The molecule has 0 aliphatic heterocycles. The lowest BCUT2D eigenvalue weighted by molar-refractivity contribution is -0.149. The SMILES string of the molecule is CCCCCCCCC(CCCCCC)C(=O)OCCCCCCCCC=O. The van der Waals surface area contributed by atoms with E-state index in [1.54, 1.807) is 0 Å². The number of carbonyl (C=O) groups excluding carboxylic acids is 2. The molecule has 0 radical (unpaired) electrons. The van der Waals surface area contributed by atoms with E-state index in [2.05, 4.69) is 13.8 Å². The highest BCUT2D eigenvalue weighted by Gasteiger charge is 2.19. The number of esters is 1. The molecule has 0 aliphatic carbocycles. The summed E-state index contributed by atoms with van der Waals surface area (Å²) in [7, 11) is 0. The lowest BCUT2D eigenvalue weighted by Gasteiger charge is -2.16. The zero-order valence-corrected chi connectivity index (χ0v) is 19.0. The smallest absolute Gasteiger partial charge is 0.308 e. The number of rotatable bonds is 22. The molecular weight excluding hydrogens is 348 g/mol. The van der Waals surface area contributed by atoms with Crippen LogP contribution in [0, 0.1) is 5.92 Å². The highest BCUT2D eigenvalue weighted by atomic mass is 16.5. The van der Waals surface area contributed by atoms with Gasteiger partial charge in [0.15, 0.2) is 0 Å². The number of hydrogen-bond acceptors (Lipinski definition) is 3. The minimum absolute atomic E-state index is 0.0519. The minimum atomic E-state index is 0.0519. The van der Waals surface area contributed by atoms with Crippen molar-refractivity contribution in [3.05, 3.63) is 0 Å². The molecule has 3 nitrogen and oxygen atoms in total. The molecular formula is C25H48O3. The fraction of sp³-hybridized carbons (Fsp3) is 0.920. The predicted molar refractivity (Wildman–Crippen MR) is 120 cm³/mol. The van der Waals surface area contributed by atoms with Crippen molar-refractivity contribution < 1.29 is 14.3 Å². The zero-order valence-electron chi connectivity index (χ0n) is 19.0. The van der Waals surface area contributed by atoms with Gasteiger partial charge >= 0.3 is 5.97 Å². The second kappa shape index (κ2) is 22.4. The summed E-state index contributed by atoms with van der Waals surface area (Å²) in [5, 5.41) is 0. The lowest BCUT2D eigenvalue weighted by atomic mass is 9.94. The Bertz CT molecular complexity index is 341. The van der Waals surface area contributed by atoms with Crippen molar-refractivity contribution in [1.82, 2.24) is 0 Å². The van der Waals surface area contributed by atoms with Crippen LogP contribution in [0.5, 0.6) is 0 Å². The summed E-state index contributed by atoms with van der Waals surface area (Å²) in [4.78, 5) is 22.8. The first kappa shape index (κ1) is 27.1. The number of hydrogen-bond donors (Lipinski definition) is 0. The van der Waals surface area contributed by atoms with Crippen LogP contribution >= 0.6 is 0 Å². The van der Waals surface area contributed by atoms with Gasteiger partial charge in [0, 0.05) is 6.42 Å². The molecule has 0 rings (SSSR count). The van der Waals surface area contributed by atoms with Crippen LogP contribution in [0.4, 0.5) is 0 Å². The van der Waals surface area contributed by atoms with E-state index in [-0.39, 0.29) is 11.9 Å². The topological polar surface area (TPSA) is 43.4 Å². The quantitative estimate of drug-likeness (QED) is 0.106. The van der Waals surface area contributed by atoms with Crippen LogP contribution in [0.2, 0.25) is 0 Å². The van der Waals surface area contributed by atoms with Gasteiger partial charge in [0.25, 0.3) is 0 Å². The summed E-state index contributed by atoms with van der Waals surface area (Å²) in [6.45, 7) is 5.05. The highest BCUT2D eigenvalue weighted by Crippen LogP contribution is 2.20. The van der Waals surface area contributed by atoms with Gasteiger partial charge in [-0.25, -0.2) is 0 Å². The molecule has 3 heteroatoms. The van der Waals surface area contributed by atoms with Crippen LogP contribution < -0.4 is 0 Å². The van der Waals surface area contributed by atoms with Gasteiger partial charge in [-0.1, -0.05) is 104 Å². The Balaban J connectivity index is 3.91. The maximum absolute atomic E-state index is 12.5. The highest BCUT2D eigenvalue weighted by molar-refractivity contribution is 5.72. The van der Waals surface area contributed by atoms with E-state index >= 15 is 0 Å². The molecule has 0 fully saturated rings. The van der Waals surface area contributed by atoms with E-state index in [1.807, 2.05) is 0 Å². The number of carbonyl (C=O) groups is 2. The van der Waals surface area contributed by atoms with Gasteiger partial charge in [0.2, 0.25) is 0 Å². The molecule has 0 saturated heterocycles. The average Bonchev–Trinajstić information content (AvgIpc) is 2.70. The van der Waals surface area contributed by atoms with Crippen LogP contribution in [0.15, 0.2) is 0 Å². The van der Waals surface area contributed by atoms with Crippen LogP contribution in [-0.4, -0.2) is 18.9 Å². The third-order valence-electron chi connectivity index (χ3n) is 5.61. The molecule has 0 aromatic carbocycles. The Kier molecular flexibility index (Phi) is 21.7. The van der Waals surface area contributed by atoms with Gasteiger partial charge in [-0.3, -0.25) is 4.79 Å². The Labute approximate surface area is 175 Å². The van der Waals surface area contributed by atoms with Crippen molar-refractivity contribution >= 4 is 12.3 Å².